The summed E-state index contributed by atoms with van der Waals surface area (Å²) in [6, 6.07) is 5.69. The number of nitrogens with zero attached hydrogens (tertiary/aromatic N) is 1. The molecule has 2 aromatic rings. The van der Waals surface area contributed by atoms with Crippen LogP contribution in [0.3, 0.4) is 0 Å². The second kappa shape index (κ2) is 11.3. The van der Waals surface area contributed by atoms with E-state index in [1.54, 1.807) is 6.07 Å². The molecule has 10 heteroatoms. The van der Waals surface area contributed by atoms with Gasteiger partial charge in [0.05, 0.1) is 6.42 Å². The Kier molecular flexibility index (Phi) is 8.17. The molecule has 0 unspecified atom stereocenters. The van der Waals surface area contributed by atoms with Crippen LogP contribution in [-0.4, -0.2) is 40.4 Å². The molecule has 2 heterocycles. The van der Waals surface area contributed by atoms with Crippen molar-refractivity contribution in [1.82, 2.24) is 10.4 Å². The predicted octanol–water partition coefficient (Wildman–Crippen LogP) is 2.11. The summed E-state index contributed by atoms with van der Waals surface area (Å²) >= 11 is 0. The zero-order valence-electron chi connectivity index (χ0n) is 18.1. The molecule has 0 bridgehead atoms. The van der Waals surface area contributed by atoms with Gasteiger partial charge in [0.1, 0.15) is 11.3 Å². The lowest BCUT2D eigenvalue weighted by atomic mass is 10.1. The molecule has 2 N–H and O–H groups in total. The molecule has 1 aliphatic heterocycles. The maximum Gasteiger partial charge on any atom is 0.336 e. The van der Waals surface area contributed by atoms with E-state index in [1.807, 2.05) is 0 Å². The van der Waals surface area contributed by atoms with E-state index < -0.39 is 23.4 Å². The van der Waals surface area contributed by atoms with Crippen molar-refractivity contribution in [3.63, 3.8) is 0 Å². The van der Waals surface area contributed by atoms with Gasteiger partial charge in [0.25, 0.3) is 11.8 Å². The second-order valence-corrected chi connectivity index (χ2v) is 7.86. The van der Waals surface area contributed by atoms with Gasteiger partial charge in [-0.05, 0) is 30.5 Å². The molecule has 10 nitrogen and oxygen atoms in total. The highest BCUT2D eigenvalue weighted by atomic mass is 16.7. The van der Waals surface area contributed by atoms with Crippen LogP contribution in [0, 0.1) is 0 Å². The van der Waals surface area contributed by atoms with Crippen molar-refractivity contribution in [2.45, 2.75) is 57.8 Å². The Morgan fingerprint density at radius 1 is 1.00 bits per heavy atom. The monoisotopic (exact) mass is 458 g/mol. The van der Waals surface area contributed by atoms with Gasteiger partial charge in [0.15, 0.2) is 0 Å². The standard InChI is InChI=1S/C23H26N2O8/c26-16-7-8-17-15(13-23(31)32-18(17)14-16)12-19(27)24-11-5-3-1-2-4-6-22(30)33-25-20(28)9-10-21(25)29/h7-8,13-14,26H,1-6,9-12H2,(H,24,27). The molecular formula is C23H26N2O8. The van der Waals surface area contributed by atoms with Crippen LogP contribution in [0.15, 0.2) is 33.5 Å². The lowest BCUT2D eigenvalue weighted by Crippen LogP contribution is -2.31. The summed E-state index contributed by atoms with van der Waals surface area (Å²) < 4.78 is 5.06. The van der Waals surface area contributed by atoms with Gasteiger partial charge in [-0.15, -0.1) is 5.06 Å². The molecule has 33 heavy (non-hydrogen) atoms. The first-order valence-corrected chi connectivity index (χ1v) is 10.9. The average Bonchev–Trinajstić information content (AvgIpc) is 3.07. The number of rotatable bonds is 11. The largest absolute Gasteiger partial charge is 0.508 e. The summed E-state index contributed by atoms with van der Waals surface area (Å²) in [6.07, 6.45) is 4.15. The van der Waals surface area contributed by atoms with Crippen LogP contribution < -0.4 is 10.9 Å². The SMILES string of the molecule is O=C(Cc1cc(=O)oc2cc(O)ccc12)NCCCCCCCC(=O)ON1C(=O)CCC1=O. The third-order valence-corrected chi connectivity index (χ3v) is 5.24. The molecule has 3 rings (SSSR count). The van der Waals surface area contributed by atoms with Crippen LogP contribution in [0.5, 0.6) is 5.75 Å². The number of hydrogen-bond donors (Lipinski definition) is 2. The van der Waals surface area contributed by atoms with Crippen molar-refractivity contribution in [2.75, 3.05) is 6.54 Å². The highest BCUT2D eigenvalue weighted by Gasteiger charge is 2.32. The zero-order chi connectivity index (χ0) is 23.8. The summed E-state index contributed by atoms with van der Waals surface area (Å²) in [4.78, 5) is 63.3. The maximum absolute atomic E-state index is 12.2. The topological polar surface area (TPSA) is 143 Å². The number of amides is 3. The smallest absolute Gasteiger partial charge is 0.336 e. The fraction of sp³-hybridized carbons (Fsp3) is 0.435. The van der Waals surface area contributed by atoms with Crippen molar-refractivity contribution in [2.24, 2.45) is 0 Å². The quantitative estimate of drug-likeness (QED) is 0.296. The molecule has 1 aliphatic rings. The zero-order valence-corrected chi connectivity index (χ0v) is 18.1. The minimum absolute atomic E-state index is 0.0248. The molecule has 0 radical (unpaired) electrons. The summed E-state index contributed by atoms with van der Waals surface area (Å²) in [5.41, 5.74) is 0.175. The van der Waals surface area contributed by atoms with Crippen LogP contribution in [-0.2, 0) is 30.4 Å². The van der Waals surface area contributed by atoms with Crippen molar-refractivity contribution < 1.29 is 33.5 Å². The number of benzene rings is 1. The first-order chi connectivity index (χ1) is 15.8. The van der Waals surface area contributed by atoms with Crippen LogP contribution in [0.1, 0.15) is 56.9 Å². The number of phenolic OH excluding ortho intramolecular Hbond substituents is 1. The third-order valence-electron chi connectivity index (χ3n) is 5.24. The van der Waals surface area contributed by atoms with E-state index in [-0.39, 0.29) is 42.9 Å². The predicted molar refractivity (Wildman–Crippen MR) is 116 cm³/mol. The van der Waals surface area contributed by atoms with Crippen LogP contribution in [0.2, 0.25) is 0 Å². The van der Waals surface area contributed by atoms with Crippen LogP contribution >= 0.6 is 0 Å². The van der Waals surface area contributed by atoms with Crippen molar-refractivity contribution >= 4 is 34.7 Å². The highest BCUT2D eigenvalue weighted by molar-refractivity contribution is 6.01. The minimum Gasteiger partial charge on any atom is -0.508 e. The van der Waals surface area contributed by atoms with Gasteiger partial charge in [-0.2, -0.15) is 0 Å². The highest BCUT2D eigenvalue weighted by Crippen LogP contribution is 2.22. The van der Waals surface area contributed by atoms with Crippen molar-refractivity contribution in [3.8, 4) is 5.75 Å². The first-order valence-electron chi connectivity index (χ1n) is 10.9. The van der Waals surface area contributed by atoms with E-state index in [4.69, 9.17) is 9.25 Å². The molecule has 3 amide bonds. The Balaban J connectivity index is 1.29. The number of carbonyl (C=O) groups is 4. The van der Waals surface area contributed by atoms with E-state index in [9.17, 15) is 29.1 Å². The Morgan fingerprint density at radius 3 is 2.45 bits per heavy atom. The number of phenols is 1. The number of carbonyl (C=O) groups excluding carboxylic acids is 4. The maximum atomic E-state index is 12.2. The number of fused-ring (bicyclic) bond motifs is 1. The average molecular weight is 458 g/mol. The lowest BCUT2D eigenvalue weighted by molar-refractivity contribution is -0.197. The molecule has 0 atom stereocenters. The van der Waals surface area contributed by atoms with Crippen molar-refractivity contribution in [1.29, 1.82) is 0 Å². The van der Waals surface area contributed by atoms with E-state index in [1.165, 1.54) is 18.2 Å². The number of nitrogens with one attached hydrogen (secondary N) is 1. The van der Waals surface area contributed by atoms with Gasteiger partial charge >= 0.3 is 11.6 Å². The summed E-state index contributed by atoms with van der Waals surface area (Å²) in [7, 11) is 0. The molecule has 1 saturated heterocycles. The number of hydrogen-bond acceptors (Lipinski definition) is 8. The number of imide groups is 1. The summed E-state index contributed by atoms with van der Waals surface area (Å²) in [5, 5.41) is 13.5. The van der Waals surface area contributed by atoms with Crippen LogP contribution in [0.25, 0.3) is 11.0 Å². The molecule has 1 fully saturated rings. The van der Waals surface area contributed by atoms with Gasteiger partial charge in [-0.3, -0.25) is 14.4 Å². The van der Waals surface area contributed by atoms with Gasteiger partial charge in [-0.25, -0.2) is 9.59 Å². The van der Waals surface area contributed by atoms with Crippen LogP contribution in [0.4, 0.5) is 0 Å². The molecule has 0 saturated carbocycles. The van der Waals surface area contributed by atoms with Gasteiger partial charge in [-0.1, -0.05) is 19.3 Å². The Morgan fingerprint density at radius 2 is 1.70 bits per heavy atom. The number of hydroxylamine groups is 2. The number of aromatic hydroxyl groups is 1. The molecule has 0 spiro atoms. The summed E-state index contributed by atoms with van der Waals surface area (Å²) in [6.45, 7) is 0.486. The summed E-state index contributed by atoms with van der Waals surface area (Å²) in [5.74, 6) is -1.81. The van der Waals surface area contributed by atoms with Gasteiger partial charge < -0.3 is 19.7 Å². The Labute approximate surface area is 189 Å². The molecule has 0 aliphatic carbocycles. The fourth-order valence-corrected chi connectivity index (χ4v) is 3.56. The molecular weight excluding hydrogens is 432 g/mol. The lowest BCUT2D eigenvalue weighted by Gasteiger charge is -2.12. The van der Waals surface area contributed by atoms with E-state index in [0.717, 1.165) is 25.7 Å². The molecule has 176 valence electrons. The first kappa shape index (κ1) is 24.0. The third kappa shape index (κ3) is 6.90. The number of unbranched alkanes of at least 4 members (excludes halogenated alkanes) is 4. The van der Waals surface area contributed by atoms with E-state index in [0.29, 0.717) is 29.0 Å². The minimum atomic E-state index is -0.594. The van der Waals surface area contributed by atoms with E-state index >= 15 is 0 Å². The second-order valence-electron chi connectivity index (χ2n) is 7.86. The Hall–Kier alpha value is -3.69. The molecule has 1 aromatic heterocycles. The fourth-order valence-electron chi connectivity index (χ4n) is 3.56. The van der Waals surface area contributed by atoms with Crippen molar-refractivity contribution in [3.05, 3.63) is 40.2 Å². The van der Waals surface area contributed by atoms with E-state index in [2.05, 4.69) is 5.32 Å². The normalized spacial score (nSPS) is 13.5. The van der Waals surface area contributed by atoms with Gasteiger partial charge in [0, 0.05) is 43.3 Å². The Bertz CT molecular complexity index is 1090. The molecule has 1 aromatic carbocycles. The van der Waals surface area contributed by atoms with Gasteiger partial charge in [0.2, 0.25) is 5.91 Å².